The molecule has 0 spiro atoms. The van der Waals surface area contributed by atoms with E-state index in [0.717, 1.165) is 22.9 Å². The number of hydrogen-bond acceptors (Lipinski definition) is 5. The fourth-order valence-electron chi connectivity index (χ4n) is 2.21. The number of aromatic nitrogens is 2. The van der Waals surface area contributed by atoms with Gasteiger partial charge in [0.25, 0.3) is 5.22 Å². The van der Waals surface area contributed by atoms with Gasteiger partial charge in [-0.1, -0.05) is 35.5 Å². The zero-order valence-corrected chi connectivity index (χ0v) is 15.4. The third-order valence-electron chi connectivity index (χ3n) is 3.55. The van der Waals surface area contributed by atoms with Crippen molar-refractivity contribution in [2.75, 3.05) is 12.8 Å². The van der Waals surface area contributed by atoms with Crippen LogP contribution in [0.4, 0.5) is 4.39 Å². The van der Waals surface area contributed by atoms with Gasteiger partial charge in [0.2, 0.25) is 11.8 Å². The molecule has 1 heterocycles. The van der Waals surface area contributed by atoms with Gasteiger partial charge in [0.15, 0.2) is 0 Å². The molecular formula is C18H15ClFN3O2S. The van der Waals surface area contributed by atoms with Crippen LogP contribution in [0.1, 0.15) is 5.56 Å². The maximum atomic E-state index is 13.2. The summed E-state index contributed by atoms with van der Waals surface area (Å²) in [7, 11) is 1.67. The van der Waals surface area contributed by atoms with Gasteiger partial charge in [-0.2, -0.15) is 0 Å². The molecule has 3 rings (SSSR count). The minimum Gasteiger partial charge on any atom is -0.411 e. The number of benzene rings is 2. The fourth-order valence-corrected chi connectivity index (χ4v) is 3.04. The average Bonchev–Trinajstić information content (AvgIpc) is 3.09. The Balaban J connectivity index is 1.55. The van der Waals surface area contributed by atoms with Crippen molar-refractivity contribution in [2.45, 2.75) is 11.8 Å². The van der Waals surface area contributed by atoms with Crippen LogP contribution in [0.2, 0.25) is 5.02 Å². The van der Waals surface area contributed by atoms with E-state index in [1.165, 1.54) is 17.0 Å². The highest BCUT2D eigenvalue weighted by Gasteiger charge is 2.14. The summed E-state index contributed by atoms with van der Waals surface area (Å²) >= 11 is 7.01. The van der Waals surface area contributed by atoms with Crippen molar-refractivity contribution in [3.05, 3.63) is 64.9 Å². The topological polar surface area (TPSA) is 59.2 Å². The van der Waals surface area contributed by atoms with E-state index in [2.05, 4.69) is 10.2 Å². The highest BCUT2D eigenvalue weighted by atomic mass is 35.5. The van der Waals surface area contributed by atoms with Crippen LogP contribution in [0.25, 0.3) is 11.5 Å². The zero-order valence-electron chi connectivity index (χ0n) is 13.9. The second-order valence-electron chi connectivity index (χ2n) is 5.55. The Morgan fingerprint density at radius 2 is 2.00 bits per heavy atom. The van der Waals surface area contributed by atoms with E-state index in [0.29, 0.717) is 22.7 Å². The van der Waals surface area contributed by atoms with Gasteiger partial charge in [0.1, 0.15) is 5.82 Å². The van der Waals surface area contributed by atoms with Crippen molar-refractivity contribution in [3.8, 4) is 11.5 Å². The van der Waals surface area contributed by atoms with Crippen LogP contribution >= 0.6 is 23.4 Å². The number of nitrogens with zero attached hydrogens (tertiary/aromatic N) is 3. The summed E-state index contributed by atoms with van der Waals surface area (Å²) in [6.45, 7) is 0.330. The zero-order chi connectivity index (χ0) is 18.5. The fraction of sp³-hybridized carbons (Fsp3) is 0.167. The number of hydrogen-bond donors (Lipinski definition) is 0. The Morgan fingerprint density at radius 3 is 2.73 bits per heavy atom. The van der Waals surface area contributed by atoms with Crippen LogP contribution in [0.3, 0.4) is 0 Å². The van der Waals surface area contributed by atoms with Gasteiger partial charge in [-0.3, -0.25) is 4.79 Å². The molecule has 0 N–H and O–H groups in total. The maximum absolute atomic E-state index is 13.2. The summed E-state index contributed by atoms with van der Waals surface area (Å²) in [6, 6.07) is 13.2. The number of halogens is 2. The van der Waals surface area contributed by atoms with Gasteiger partial charge in [0.05, 0.1) is 5.75 Å². The third-order valence-corrected chi connectivity index (χ3v) is 4.61. The van der Waals surface area contributed by atoms with E-state index in [1.54, 1.807) is 43.4 Å². The van der Waals surface area contributed by atoms with Gasteiger partial charge in [-0.15, -0.1) is 10.2 Å². The predicted octanol–water partition coefficient (Wildman–Crippen LogP) is 4.28. The minimum absolute atomic E-state index is 0.120. The van der Waals surface area contributed by atoms with Crippen LogP contribution < -0.4 is 0 Å². The number of amides is 1. The van der Waals surface area contributed by atoms with Crippen LogP contribution in [-0.2, 0) is 11.3 Å². The average molecular weight is 392 g/mol. The highest BCUT2D eigenvalue weighted by molar-refractivity contribution is 7.99. The van der Waals surface area contributed by atoms with E-state index in [4.69, 9.17) is 16.0 Å². The normalized spacial score (nSPS) is 10.7. The molecule has 8 heteroatoms. The highest BCUT2D eigenvalue weighted by Crippen LogP contribution is 2.24. The summed E-state index contributed by atoms with van der Waals surface area (Å²) in [5.41, 5.74) is 1.48. The molecule has 0 radical (unpaired) electrons. The summed E-state index contributed by atoms with van der Waals surface area (Å²) in [6.07, 6.45) is 0. The number of thioether (sulfide) groups is 1. The second-order valence-corrected chi connectivity index (χ2v) is 6.91. The van der Waals surface area contributed by atoms with Crippen molar-refractivity contribution in [3.63, 3.8) is 0 Å². The molecule has 0 aliphatic carbocycles. The first-order valence-electron chi connectivity index (χ1n) is 7.72. The Bertz CT molecular complexity index is 901. The van der Waals surface area contributed by atoms with Crippen molar-refractivity contribution in [1.29, 1.82) is 0 Å². The first-order chi connectivity index (χ1) is 12.5. The minimum atomic E-state index is -0.321. The maximum Gasteiger partial charge on any atom is 0.277 e. The summed E-state index contributed by atoms with van der Waals surface area (Å²) in [5.74, 6) is 0.0715. The lowest BCUT2D eigenvalue weighted by molar-refractivity contribution is -0.127. The van der Waals surface area contributed by atoms with Gasteiger partial charge in [-0.05, 0) is 42.0 Å². The van der Waals surface area contributed by atoms with E-state index in [1.807, 2.05) is 0 Å². The Hall–Kier alpha value is -2.38. The SMILES string of the molecule is CN(Cc1cccc(F)c1)C(=O)CSc1nnc(-c2ccc(Cl)cc2)o1. The molecule has 0 aliphatic heterocycles. The largest absolute Gasteiger partial charge is 0.411 e. The van der Waals surface area contributed by atoms with Crippen molar-refractivity contribution in [2.24, 2.45) is 0 Å². The van der Waals surface area contributed by atoms with Crippen molar-refractivity contribution in [1.82, 2.24) is 15.1 Å². The lowest BCUT2D eigenvalue weighted by Gasteiger charge is -2.16. The molecule has 5 nitrogen and oxygen atoms in total. The lowest BCUT2D eigenvalue weighted by Crippen LogP contribution is -2.27. The molecule has 2 aromatic carbocycles. The first-order valence-corrected chi connectivity index (χ1v) is 9.08. The smallest absolute Gasteiger partial charge is 0.277 e. The van der Waals surface area contributed by atoms with Gasteiger partial charge < -0.3 is 9.32 Å². The van der Waals surface area contributed by atoms with E-state index in [9.17, 15) is 9.18 Å². The first kappa shape index (κ1) is 18.4. The molecule has 0 saturated carbocycles. The number of carbonyl (C=O) groups is 1. The van der Waals surface area contributed by atoms with E-state index < -0.39 is 0 Å². The van der Waals surface area contributed by atoms with E-state index in [-0.39, 0.29) is 17.5 Å². The van der Waals surface area contributed by atoms with Crippen molar-refractivity contribution < 1.29 is 13.6 Å². The van der Waals surface area contributed by atoms with Crippen LogP contribution in [0.15, 0.2) is 58.2 Å². The van der Waals surface area contributed by atoms with Gasteiger partial charge in [0, 0.05) is 24.2 Å². The van der Waals surface area contributed by atoms with Crippen LogP contribution in [0, 0.1) is 5.82 Å². The molecular weight excluding hydrogens is 377 g/mol. The molecule has 26 heavy (non-hydrogen) atoms. The molecule has 0 unspecified atom stereocenters. The molecule has 3 aromatic rings. The van der Waals surface area contributed by atoms with Gasteiger partial charge in [-0.25, -0.2) is 4.39 Å². The summed E-state index contributed by atoms with van der Waals surface area (Å²) < 4.78 is 18.8. The quantitative estimate of drug-likeness (QED) is 0.587. The molecule has 0 saturated heterocycles. The van der Waals surface area contributed by atoms with Crippen LogP contribution in [0.5, 0.6) is 0 Å². The summed E-state index contributed by atoms with van der Waals surface area (Å²) in [5, 5.41) is 8.83. The summed E-state index contributed by atoms with van der Waals surface area (Å²) in [4.78, 5) is 13.8. The standard InChI is InChI=1S/C18H15ClFN3O2S/c1-23(10-12-3-2-4-15(20)9-12)16(24)11-26-18-22-21-17(25-18)13-5-7-14(19)8-6-13/h2-9H,10-11H2,1H3. The predicted molar refractivity (Wildman–Crippen MR) is 98.3 cm³/mol. The number of carbonyl (C=O) groups excluding carboxylic acids is 1. The van der Waals surface area contributed by atoms with Gasteiger partial charge >= 0.3 is 0 Å². The second kappa shape index (κ2) is 8.33. The lowest BCUT2D eigenvalue weighted by atomic mass is 10.2. The van der Waals surface area contributed by atoms with E-state index >= 15 is 0 Å². The Kier molecular flexibility index (Phi) is 5.90. The molecule has 0 atom stereocenters. The molecule has 1 aromatic heterocycles. The molecule has 0 bridgehead atoms. The molecule has 134 valence electrons. The number of rotatable bonds is 6. The molecule has 0 fully saturated rings. The molecule has 1 amide bonds. The van der Waals surface area contributed by atoms with Crippen molar-refractivity contribution >= 4 is 29.3 Å². The molecule has 0 aliphatic rings. The Morgan fingerprint density at radius 1 is 1.23 bits per heavy atom. The van der Waals surface area contributed by atoms with Crippen LogP contribution in [-0.4, -0.2) is 33.8 Å². The monoisotopic (exact) mass is 391 g/mol. The third kappa shape index (κ3) is 4.83. The Labute approximate surface area is 159 Å².